The lowest BCUT2D eigenvalue weighted by Gasteiger charge is -2.36. The van der Waals surface area contributed by atoms with Crippen molar-refractivity contribution in [3.63, 3.8) is 0 Å². The molecule has 0 amide bonds. The number of benzene rings is 1. The van der Waals surface area contributed by atoms with Gasteiger partial charge < -0.3 is 4.42 Å². The van der Waals surface area contributed by atoms with E-state index in [2.05, 4.69) is 89.2 Å². The van der Waals surface area contributed by atoms with Crippen LogP contribution in [0.2, 0.25) is 0 Å². The van der Waals surface area contributed by atoms with Crippen molar-refractivity contribution in [3.05, 3.63) is 28.6 Å². The second-order valence-electron chi connectivity index (χ2n) is 11.5. The number of nitrogens with zero attached hydrogens (tertiary/aromatic N) is 1. The molecule has 0 N–H and O–H groups in total. The molecule has 0 saturated carbocycles. The van der Waals surface area contributed by atoms with Crippen LogP contribution in [0.15, 0.2) is 10.5 Å². The van der Waals surface area contributed by atoms with Crippen LogP contribution in [0.25, 0.3) is 11.1 Å². The molecule has 0 fully saturated rings. The second-order valence-corrected chi connectivity index (χ2v) is 11.5. The second kappa shape index (κ2) is 5.59. The molecule has 2 rings (SSSR count). The molecule has 2 heteroatoms. The Bertz CT molecular complexity index is 781. The summed E-state index contributed by atoms with van der Waals surface area (Å²) in [6.45, 7) is 27.1. The SMILES string of the molecule is CC(C)(C)c1nc2cc(C(C)(C)C)c(C(C)(C)C)c(C(C)(C)C)c2o1. The third-order valence-corrected chi connectivity index (χ3v) is 4.63. The predicted molar refractivity (Wildman–Crippen MR) is 109 cm³/mol. The average Bonchev–Trinajstić information content (AvgIpc) is 2.75. The third-order valence-electron chi connectivity index (χ3n) is 4.63. The van der Waals surface area contributed by atoms with Gasteiger partial charge in [0.25, 0.3) is 0 Å². The normalized spacial score (nSPS) is 14.4. The summed E-state index contributed by atoms with van der Waals surface area (Å²) in [5.74, 6) is 0.818. The monoisotopic (exact) mass is 343 g/mol. The maximum atomic E-state index is 6.38. The van der Waals surface area contributed by atoms with Crippen LogP contribution in [-0.4, -0.2) is 4.98 Å². The van der Waals surface area contributed by atoms with Gasteiger partial charge >= 0.3 is 0 Å². The molecule has 0 unspecified atom stereocenters. The molecule has 2 aromatic rings. The van der Waals surface area contributed by atoms with E-state index in [0.29, 0.717) is 0 Å². The average molecular weight is 344 g/mol. The summed E-state index contributed by atoms with van der Waals surface area (Å²) in [7, 11) is 0. The van der Waals surface area contributed by atoms with Crippen LogP contribution in [0, 0.1) is 0 Å². The smallest absolute Gasteiger partial charge is 0.200 e. The van der Waals surface area contributed by atoms with E-state index in [0.717, 1.165) is 17.0 Å². The van der Waals surface area contributed by atoms with E-state index >= 15 is 0 Å². The van der Waals surface area contributed by atoms with Crippen molar-refractivity contribution in [1.82, 2.24) is 4.98 Å². The van der Waals surface area contributed by atoms with E-state index < -0.39 is 0 Å². The Hall–Kier alpha value is -1.31. The third kappa shape index (κ3) is 3.78. The van der Waals surface area contributed by atoms with Crippen LogP contribution < -0.4 is 0 Å². The Kier molecular flexibility index (Phi) is 4.48. The van der Waals surface area contributed by atoms with Crippen LogP contribution in [0.3, 0.4) is 0 Å². The molecule has 1 aromatic carbocycles. The molecule has 2 nitrogen and oxygen atoms in total. The van der Waals surface area contributed by atoms with E-state index in [-0.39, 0.29) is 21.7 Å². The standard InChI is InChI=1S/C23H37NO/c1-20(2,3)14-13-15-18(25-19(24-15)23(10,11)12)17(22(7,8)9)16(14)21(4,5)6/h13H,1-12H3. The summed E-state index contributed by atoms with van der Waals surface area (Å²) in [5.41, 5.74) is 6.04. The number of oxazole rings is 1. The first-order chi connectivity index (χ1) is 10.9. The fourth-order valence-corrected chi connectivity index (χ4v) is 3.47. The van der Waals surface area contributed by atoms with Gasteiger partial charge in [-0.05, 0) is 33.4 Å². The molecule has 0 saturated heterocycles. The van der Waals surface area contributed by atoms with Gasteiger partial charge in [-0.15, -0.1) is 0 Å². The summed E-state index contributed by atoms with van der Waals surface area (Å²) in [4.78, 5) is 4.89. The van der Waals surface area contributed by atoms with Crippen LogP contribution in [-0.2, 0) is 21.7 Å². The number of fused-ring (bicyclic) bond motifs is 1. The molecule has 140 valence electrons. The van der Waals surface area contributed by atoms with Gasteiger partial charge in [0.2, 0.25) is 5.89 Å². The highest BCUT2D eigenvalue weighted by molar-refractivity contribution is 5.82. The fraction of sp³-hybridized carbons (Fsp3) is 0.696. The van der Waals surface area contributed by atoms with Gasteiger partial charge in [0, 0.05) is 11.0 Å². The van der Waals surface area contributed by atoms with Crippen LogP contribution >= 0.6 is 0 Å². The number of aromatic nitrogens is 1. The van der Waals surface area contributed by atoms with Crippen molar-refractivity contribution in [2.24, 2.45) is 0 Å². The van der Waals surface area contributed by atoms with E-state index in [1.165, 1.54) is 16.7 Å². The molecule has 0 radical (unpaired) electrons. The minimum atomic E-state index is -0.0992. The lowest BCUT2D eigenvalue weighted by Crippen LogP contribution is -2.28. The lowest BCUT2D eigenvalue weighted by atomic mass is 9.68. The molecular formula is C23H37NO. The molecule has 0 aliphatic carbocycles. The Morgan fingerprint density at radius 3 is 1.48 bits per heavy atom. The topological polar surface area (TPSA) is 26.0 Å². The van der Waals surface area contributed by atoms with Gasteiger partial charge in [-0.3, -0.25) is 0 Å². The van der Waals surface area contributed by atoms with Gasteiger partial charge in [-0.2, -0.15) is 0 Å². The molecule has 0 aliphatic heterocycles. The molecule has 25 heavy (non-hydrogen) atoms. The van der Waals surface area contributed by atoms with Gasteiger partial charge in [0.1, 0.15) is 5.52 Å². The van der Waals surface area contributed by atoms with Crippen molar-refractivity contribution in [3.8, 4) is 0 Å². The molecule has 0 atom stereocenters. The first kappa shape index (κ1) is 20.0. The number of rotatable bonds is 0. The minimum Gasteiger partial charge on any atom is -0.440 e. The number of hydrogen-bond acceptors (Lipinski definition) is 2. The van der Waals surface area contributed by atoms with Crippen LogP contribution in [0.4, 0.5) is 0 Å². The number of hydrogen-bond donors (Lipinski definition) is 0. The van der Waals surface area contributed by atoms with Crippen molar-refractivity contribution in [1.29, 1.82) is 0 Å². The summed E-state index contributed by atoms with van der Waals surface area (Å²) in [6, 6.07) is 2.27. The van der Waals surface area contributed by atoms with Crippen molar-refractivity contribution in [2.45, 2.75) is 105 Å². The van der Waals surface area contributed by atoms with Crippen molar-refractivity contribution < 1.29 is 4.42 Å². The molecular weight excluding hydrogens is 306 g/mol. The highest BCUT2D eigenvalue weighted by atomic mass is 16.3. The van der Waals surface area contributed by atoms with E-state index in [4.69, 9.17) is 9.40 Å². The zero-order chi connectivity index (χ0) is 19.6. The van der Waals surface area contributed by atoms with Crippen molar-refractivity contribution in [2.75, 3.05) is 0 Å². The minimum absolute atomic E-state index is 0.0171. The maximum Gasteiger partial charge on any atom is 0.200 e. The molecule has 0 spiro atoms. The lowest BCUT2D eigenvalue weighted by molar-refractivity contribution is 0.405. The van der Waals surface area contributed by atoms with E-state index in [1.54, 1.807) is 0 Å². The summed E-state index contributed by atoms with van der Waals surface area (Å²) >= 11 is 0. The van der Waals surface area contributed by atoms with Gasteiger partial charge in [-0.1, -0.05) is 83.1 Å². The first-order valence-electron chi connectivity index (χ1n) is 9.43. The van der Waals surface area contributed by atoms with Gasteiger partial charge in [0.15, 0.2) is 5.58 Å². The highest BCUT2D eigenvalue weighted by Gasteiger charge is 2.36. The summed E-state index contributed by atoms with van der Waals surface area (Å²) in [5, 5.41) is 0. The van der Waals surface area contributed by atoms with E-state index in [1.807, 2.05) is 0 Å². The van der Waals surface area contributed by atoms with Gasteiger partial charge in [0.05, 0.1) is 0 Å². The zero-order valence-corrected chi connectivity index (χ0v) is 18.4. The zero-order valence-electron chi connectivity index (χ0n) is 18.4. The Morgan fingerprint density at radius 2 is 1.12 bits per heavy atom. The largest absolute Gasteiger partial charge is 0.440 e. The molecule has 0 aliphatic rings. The summed E-state index contributed by atoms with van der Waals surface area (Å²) in [6.07, 6.45) is 0. The van der Waals surface area contributed by atoms with Crippen LogP contribution in [0.5, 0.6) is 0 Å². The quantitative estimate of drug-likeness (QED) is 0.514. The highest BCUT2D eigenvalue weighted by Crippen LogP contribution is 2.45. The van der Waals surface area contributed by atoms with E-state index in [9.17, 15) is 0 Å². The predicted octanol–water partition coefficient (Wildman–Crippen LogP) is 7.02. The molecule has 1 heterocycles. The summed E-state index contributed by atoms with van der Waals surface area (Å²) < 4.78 is 6.38. The van der Waals surface area contributed by atoms with Crippen LogP contribution in [0.1, 0.15) is 106 Å². The fourth-order valence-electron chi connectivity index (χ4n) is 3.47. The first-order valence-corrected chi connectivity index (χ1v) is 9.43. The Labute approximate surface area is 154 Å². The van der Waals surface area contributed by atoms with Crippen molar-refractivity contribution >= 4 is 11.1 Å². The van der Waals surface area contributed by atoms with Gasteiger partial charge in [-0.25, -0.2) is 4.98 Å². The molecule has 1 aromatic heterocycles. The molecule has 0 bridgehead atoms. The maximum absolute atomic E-state index is 6.38. The Morgan fingerprint density at radius 1 is 0.640 bits per heavy atom. The Balaban J connectivity index is 3.09.